The van der Waals surface area contributed by atoms with Gasteiger partial charge in [-0.05, 0) is 19.3 Å². The maximum absolute atomic E-state index is 11.5. The first-order valence-corrected chi connectivity index (χ1v) is 4.03. The minimum absolute atomic E-state index is 0. The molecule has 12 heavy (non-hydrogen) atoms. The van der Waals surface area contributed by atoms with Gasteiger partial charge in [0.25, 0.3) is 0 Å². The molecule has 0 atom stereocenters. The summed E-state index contributed by atoms with van der Waals surface area (Å²) in [5, 5.41) is 0. The Labute approximate surface area is 118 Å². The second-order valence-corrected chi connectivity index (χ2v) is 2.62. The molecule has 0 N–H and O–H groups in total. The number of hydrogen-bond donors (Lipinski definition) is 0. The van der Waals surface area contributed by atoms with Crippen molar-refractivity contribution in [3.63, 3.8) is 0 Å². The molecule has 0 aromatic heterocycles. The van der Waals surface area contributed by atoms with Crippen LogP contribution in [0.1, 0.15) is 19.3 Å². The fourth-order valence-corrected chi connectivity index (χ4v) is 0.796. The SMILES string of the molecule is F[B-](F)(F)/C=C/CCCCCl.[K+]. The van der Waals surface area contributed by atoms with E-state index in [0.29, 0.717) is 18.3 Å². The Balaban J connectivity index is 0. The average molecular weight is 225 g/mol. The molecule has 0 fully saturated rings. The fourth-order valence-electron chi connectivity index (χ4n) is 0.607. The number of halogens is 4. The molecular weight excluding hydrogens is 214 g/mol. The predicted octanol–water partition coefficient (Wildman–Crippen LogP) is 0.342. The largest absolute Gasteiger partial charge is 1.00 e. The van der Waals surface area contributed by atoms with E-state index in [1.165, 1.54) is 0 Å². The first kappa shape index (κ1) is 16.0. The van der Waals surface area contributed by atoms with Crippen molar-refractivity contribution in [2.24, 2.45) is 0 Å². The molecule has 0 rings (SSSR count). The summed E-state index contributed by atoms with van der Waals surface area (Å²) in [6.45, 7) is -4.74. The van der Waals surface area contributed by atoms with Gasteiger partial charge in [0.05, 0.1) is 0 Å². The third-order valence-corrected chi connectivity index (χ3v) is 1.38. The summed E-state index contributed by atoms with van der Waals surface area (Å²) >= 11 is 5.33. The van der Waals surface area contributed by atoms with Crippen molar-refractivity contribution in [3.8, 4) is 0 Å². The second-order valence-electron chi connectivity index (χ2n) is 2.24. The predicted molar refractivity (Wildman–Crippen MR) is 42.8 cm³/mol. The van der Waals surface area contributed by atoms with E-state index in [1.54, 1.807) is 0 Å². The number of unbranched alkanes of at least 4 members (excludes halogenated alkanes) is 2. The summed E-state index contributed by atoms with van der Waals surface area (Å²) in [6.07, 6.45) is 3.13. The Hall–Kier alpha value is 1.52. The number of allylic oxidation sites excluding steroid dienone is 1. The second kappa shape index (κ2) is 9.09. The van der Waals surface area contributed by atoms with Gasteiger partial charge in [-0.1, -0.05) is 0 Å². The molecule has 0 aliphatic heterocycles. The molecule has 0 unspecified atom stereocenters. The topological polar surface area (TPSA) is 0 Å². The monoisotopic (exact) mass is 224 g/mol. The zero-order valence-electron chi connectivity index (χ0n) is 7.07. The summed E-state index contributed by atoms with van der Waals surface area (Å²) in [6, 6.07) is 0. The van der Waals surface area contributed by atoms with Crippen LogP contribution in [0.15, 0.2) is 12.1 Å². The molecule has 6 heteroatoms. The fraction of sp³-hybridized carbons (Fsp3) is 0.667. The standard InChI is InChI=1S/C6H10BClF3.K/c8-6-4-2-1-3-5-7(9,10)11;/h3,5H,1-2,4,6H2;/q-1;+1/b5-3+;. The van der Waals surface area contributed by atoms with E-state index in [9.17, 15) is 12.9 Å². The molecule has 0 heterocycles. The number of hydrogen-bond acceptors (Lipinski definition) is 0. The molecule has 0 aromatic rings. The third kappa shape index (κ3) is 14.1. The Morgan fingerprint density at radius 1 is 1.17 bits per heavy atom. The smallest absolute Gasteiger partial charge is 0.445 e. The Bertz CT molecular complexity index is 126. The Morgan fingerprint density at radius 2 is 1.75 bits per heavy atom. The van der Waals surface area contributed by atoms with Crippen molar-refractivity contribution in [1.29, 1.82) is 0 Å². The van der Waals surface area contributed by atoms with Gasteiger partial charge in [-0.25, -0.2) is 0 Å². The summed E-state index contributed by atoms with van der Waals surface area (Å²) in [4.78, 5) is 0. The molecule has 0 bridgehead atoms. The van der Waals surface area contributed by atoms with Crippen molar-refractivity contribution < 1.29 is 64.3 Å². The maximum Gasteiger partial charge on any atom is 1.00 e. The zero-order chi connectivity index (χ0) is 8.74. The van der Waals surface area contributed by atoms with E-state index < -0.39 is 6.98 Å². The van der Waals surface area contributed by atoms with Crippen LogP contribution < -0.4 is 51.4 Å². The van der Waals surface area contributed by atoms with Gasteiger partial charge in [0, 0.05) is 5.88 Å². The van der Waals surface area contributed by atoms with E-state index in [0.717, 1.165) is 18.9 Å². The van der Waals surface area contributed by atoms with E-state index >= 15 is 0 Å². The zero-order valence-corrected chi connectivity index (χ0v) is 11.0. The molecular formula is C6H10BClF3K. The normalized spacial score (nSPS) is 11.7. The summed E-state index contributed by atoms with van der Waals surface area (Å²) < 4.78 is 34.5. The van der Waals surface area contributed by atoms with Crippen LogP contribution in [0.4, 0.5) is 12.9 Å². The van der Waals surface area contributed by atoms with Crippen LogP contribution >= 0.6 is 11.6 Å². The van der Waals surface area contributed by atoms with Crippen LogP contribution in [-0.4, -0.2) is 12.9 Å². The molecule has 66 valence electrons. The average Bonchev–Trinajstić information content (AvgIpc) is 1.85. The van der Waals surface area contributed by atoms with Crippen LogP contribution in [0.5, 0.6) is 0 Å². The maximum atomic E-state index is 11.5. The number of rotatable bonds is 5. The molecule has 0 aliphatic rings. The molecule has 0 aromatic carbocycles. The third-order valence-electron chi connectivity index (χ3n) is 1.11. The summed E-state index contributed by atoms with van der Waals surface area (Å²) in [5.41, 5.74) is 0. The van der Waals surface area contributed by atoms with Crippen molar-refractivity contribution in [3.05, 3.63) is 12.1 Å². The van der Waals surface area contributed by atoms with Gasteiger partial charge in [0.1, 0.15) is 0 Å². The summed E-state index contributed by atoms with van der Waals surface area (Å²) in [7, 11) is 0. The van der Waals surface area contributed by atoms with Gasteiger partial charge in [0.15, 0.2) is 0 Å². The van der Waals surface area contributed by atoms with E-state index in [2.05, 4.69) is 0 Å². The molecule has 0 saturated heterocycles. The van der Waals surface area contributed by atoms with Crippen LogP contribution in [0, 0.1) is 0 Å². The van der Waals surface area contributed by atoms with Crippen LogP contribution in [0.25, 0.3) is 0 Å². The van der Waals surface area contributed by atoms with Crippen LogP contribution in [0.3, 0.4) is 0 Å². The minimum Gasteiger partial charge on any atom is -0.445 e. The van der Waals surface area contributed by atoms with Crippen molar-refractivity contribution in [2.45, 2.75) is 19.3 Å². The first-order valence-electron chi connectivity index (χ1n) is 3.50. The Kier molecular flexibility index (Phi) is 12.1. The first-order chi connectivity index (χ1) is 5.06. The van der Waals surface area contributed by atoms with Crippen LogP contribution in [-0.2, 0) is 0 Å². The van der Waals surface area contributed by atoms with Gasteiger partial charge < -0.3 is 12.9 Å². The summed E-state index contributed by atoms with van der Waals surface area (Å²) in [5.74, 6) is 0.846. The van der Waals surface area contributed by atoms with Crippen molar-refractivity contribution in [2.75, 3.05) is 5.88 Å². The van der Waals surface area contributed by atoms with Crippen LogP contribution in [0.2, 0.25) is 0 Å². The van der Waals surface area contributed by atoms with E-state index in [4.69, 9.17) is 11.6 Å². The van der Waals surface area contributed by atoms with Gasteiger partial charge in [-0.15, -0.1) is 23.7 Å². The quantitative estimate of drug-likeness (QED) is 0.359. The minimum atomic E-state index is -4.74. The molecule has 0 radical (unpaired) electrons. The van der Waals surface area contributed by atoms with Gasteiger partial charge >= 0.3 is 58.4 Å². The molecule has 0 nitrogen and oxygen atoms in total. The van der Waals surface area contributed by atoms with Gasteiger partial charge in [-0.2, -0.15) is 0 Å². The molecule has 0 saturated carbocycles. The molecule has 0 amide bonds. The van der Waals surface area contributed by atoms with Crippen molar-refractivity contribution in [1.82, 2.24) is 0 Å². The van der Waals surface area contributed by atoms with E-state index in [-0.39, 0.29) is 51.4 Å². The number of alkyl halides is 1. The molecule has 0 spiro atoms. The van der Waals surface area contributed by atoms with Crippen molar-refractivity contribution >= 4 is 18.6 Å². The molecule has 0 aliphatic carbocycles. The van der Waals surface area contributed by atoms with Gasteiger partial charge in [0.2, 0.25) is 0 Å². The Morgan fingerprint density at radius 3 is 2.17 bits per heavy atom. The van der Waals surface area contributed by atoms with Gasteiger partial charge in [-0.3, -0.25) is 0 Å². The van der Waals surface area contributed by atoms with E-state index in [1.807, 2.05) is 0 Å².